The van der Waals surface area contributed by atoms with Gasteiger partial charge in [0.25, 0.3) is 5.91 Å². The highest BCUT2D eigenvalue weighted by Crippen LogP contribution is 2.31. The first-order valence-electron chi connectivity index (χ1n) is 12.3. The van der Waals surface area contributed by atoms with Crippen LogP contribution in [0.4, 0.5) is 4.79 Å². The van der Waals surface area contributed by atoms with Gasteiger partial charge >= 0.3 is 6.03 Å². The second kappa shape index (κ2) is 9.22. The van der Waals surface area contributed by atoms with E-state index in [1.54, 1.807) is 4.90 Å². The first-order valence-corrected chi connectivity index (χ1v) is 12.3. The molecule has 4 heterocycles. The van der Waals surface area contributed by atoms with Gasteiger partial charge in [-0.25, -0.2) is 4.79 Å². The van der Waals surface area contributed by atoms with Gasteiger partial charge in [0, 0.05) is 38.5 Å². The van der Waals surface area contributed by atoms with Crippen LogP contribution < -0.4 is 5.32 Å². The molecule has 4 aliphatic rings. The highest BCUT2D eigenvalue weighted by molar-refractivity contribution is 6.04. The van der Waals surface area contributed by atoms with Gasteiger partial charge in [-0.15, -0.1) is 0 Å². The summed E-state index contributed by atoms with van der Waals surface area (Å²) in [4.78, 5) is 43.8. The van der Waals surface area contributed by atoms with Crippen LogP contribution in [-0.2, 0) is 22.6 Å². The zero-order chi connectivity index (χ0) is 22.1. The predicted molar refractivity (Wildman–Crippen MR) is 121 cm³/mol. The SMILES string of the molecule is O=C(CCCN1C(=O)[C@H]2Cc3ccccc3CN2C1=O)NC[C@@H]1CCCN2CCCC[C@H]12. The number of piperidine rings is 2. The Labute approximate surface area is 190 Å². The molecule has 1 aromatic carbocycles. The lowest BCUT2D eigenvalue weighted by Crippen LogP contribution is -2.51. The van der Waals surface area contributed by atoms with E-state index in [-0.39, 0.29) is 17.8 Å². The number of hydrogen-bond donors (Lipinski definition) is 1. The average Bonchev–Trinajstić information content (AvgIpc) is 3.05. The number of urea groups is 1. The zero-order valence-electron chi connectivity index (χ0n) is 18.8. The molecule has 0 radical (unpaired) electrons. The van der Waals surface area contributed by atoms with Crippen LogP contribution in [0.2, 0.25) is 0 Å². The molecular formula is C25H34N4O3. The van der Waals surface area contributed by atoms with Crippen molar-refractivity contribution in [3.8, 4) is 0 Å². The Morgan fingerprint density at radius 1 is 1.03 bits per heavy atom. The Hall–Kier alpha value is -2.41. The number of benzene rings is 1. The number of hydrogen-bond acceptors (Lipinski definition) is 4. The number of imide groups is 1. The number of rotatable bonds is 6. The Morgan fingerprint density at radius 2 is 1.84 bits per heavy atom. The number of carbonyl (C=O) groups is 3. The molecule has 7 nitrogen and oxygen atoms in total. The molecule has 0 unspecified atom stereocenters. The lowest BCUT2D eigenvalue weighted by atomic mass is 9.83. The quantitative estimate of drug-likeness (QED) is 0.693. The number of fused-ring (bicyclic) bond motifs is 3. The van der Waals surface area contributed by atoms with Crippen molar-refractivity contribution in [1.29, 1.82) is 0 Å². The summed E-state index contributed by atoms with van der Waals surface area (Å²) in [5, 5.41) is 3.13. The Morgan fingerprint density at radius 3 is 2.72 bits per heavy atom. The molecular weight excluding hydrogens is 404 g/mol. The van der Waals surface area contributed by atoms with Gasteiger partial charge in [-0.2, -0.15) is 0 Å². The molecule has 1 aromatic rings. The van der Waals surface area contributed by atoms with E-state index >= 15 is 0 Å². The summed E-state index contributed by atoms with van der Waals surface area (Å²) in [7, 11) is 0. The Kier molecular flexibility index (Phi) is 6.17. The summed E-state index contributed by atoms with van der Waals surface area (Å²) >= 11 is 0. The van der Waals surface area contributed by atoms with Gasteiger partial charge in [-0.3, -0.25) is 14.5 Å². The minimum absolute atomic E-state index is 0.0298. The molecule has 5 rings (SSSR count). The van der Waals surface area contributed by atoms with Gasteiger partial charge in [0.15, 0.2) is 0 Å². The van der Waals surface area contributed by atoms with Crippen molar-refractivity contribution in [2.45, 2.75) is 70.0 Å². The number of carbonyl (C=O) groups excluding carboxylic acids is 3. The number of amides is 4. The van der Waals surface area contributed by atoms with E-state index < -0.39 is 6.04 Å². The second-order valence-corrected chi connectivity index (χ2v) is 9.80. The van der Waals surface area contributed by atoms with Crippen LogP contribution in [0.25, 0.3) is 0 Å². The summed E-state index contributed by atoms with van der Waals surface area (Å²) in [5.41, 5.74) is 2.26. The van der Waals surface area contributed by atoms with Crippen LogP contribution >= 0.6 is 0 Å². The fourth-order valence-electron chi connectivity index (χ4n) is 6.13. The Balaban J connectivity index is 1.08. The van der Waals surface area contributed by atoms with Crippen molar-refractivity contribution in [2.24, 2.45) is 5.92 Å². The minimum atomic E-state index is -0.393. The van der Waals surface area contributed by atoms with Gasteiger partial charge in [-0.05, 0) is 62.2 Å². The first-order chi connectivity index (χ1) is 15.6. The van der Waals surface area contributed by atoms with Crippen molar-refractivity contribution in [1.82, 2.24) is 20.0 Å². The second-order valence-electron chi connectivity index (χ2n) is 9.80. The van der Waals surface area contributed by atoms with Crippen molar-refractivity contribution >= 4 is 17.8 Å². The highest BCUT2D eigenvalue weighted by atomic mass is 16.2. The third-order valence-corrected chi connectivity index (χ3v) is 7.85. The molecule has 172 valence electrons. The van der Waals surface area contributed by atoms with Crippen molar-refractivity contribution < 1.29 is 14.4 Å². The van der Waals surface area contributed by atoms with Gasteiger partial charge in [0.2, 0.25) is 5.91 Å². The molecule has 4 aliphatic heterocycles. The van der Waals surface area contributed by atoms with E-state index in [0.717, 1.165) is 17.7 Å². The molecule has 0 saturated carbocycles. The van der Waals surface area contributed by atoms with E-state index in [2.05, 4.69) is 10.2 Å². The van der Waals surface area contributed by atoms with Gasteiger partial charge in [-0.1, -0.05) is 30.7 Å². The molecule has 3 saturated heterocycles. The van der Waals surface area contributed by atoms with Crippen LogP contribution in [0.3, 0.4) is 0 Å². The monoisotopic (exact) mass is 438 g/mol. The van der Waals surface area contributed by atoms with Crippen LogP contribution in [0, 0.1) is 5.92 Å². The number of nitrogens with zero attached hydrogens (tertiary/aromatic N) is 3. The first kappa shape index (κ1) is 21.4. The Bertz CT molecular complexity index is 843. The smallest absolute Gasteiger partial charge is 0.327 e. The van der Waals surface area contributed by atoms with Crippen molar-refractivity contribution in [3.05, 3.63) is 35.4 Å². The normalized spacial score (nSPS) is 27.7. The molecule has 7 heteroatoms. The molecule has 4 amide bonds. The van der Waals surface area contributed by atoms with Crippen LogP contribution in [-0.4, -0.2) is 70.8 Å². The molecule has 0 aromatic heterocycles. The van der Waals surface area contributed by atoms with E-state index in [1.165, 1.54) is 50.1 Å². The zero-order valence-corrected chi connectivity index (χ0v) is 18.8. The van der Waals surface area contributed by atoms with Gasteiger partial charge in [0.05, 0.1) is 0 Å². The standard InChI is InChI=1S/C25H34N4O3/c30-23(26-16-19-9-5-13-27-12-4-3-10-21(19)27)11-6-14-28-24(31)22-15-18-7-1-2-8-20(18)17-29(22)25(28)32/h1-2,7-8,19,21-22H,3-6,9-17H2,(H,26,30)/t19-,21+,22+/m0/s1. The van der Waals surface area contributed by atoms with E-state index in [9.17, 15) is 14.4 Å². The van der Waals surface area contributed by atoms with Crippen molar-refractivity contribution in [3.63, 3.8) is 0 Å². The third-order valence-electron chi connectivity index (χ3n) is 7.85. The van der Waals surface area contributed by atoms with Gasteiger partial charge in [0.1, 0.15) is 6.04 Å². The van der Waals surface area contributed by atoms with Gasteiger partial charge < -0.3 is 15.1 Å². The third kappa shape index (κ3) is 4.15. The highest BCUT2D eigenvalue weighted by Gasteiger charge is 2.46. The van der Waals surface area contributed by atoms with Crippen LogP contribution in [0.5, 0.6) is 0 Å². The fraction of sp³-hybridized carbons (Fsp3) is 0.640. The summed E-state index contributed by atoms with van der Waals surface area (Å²) in [5.74, 6) is 0.457. The number of nitrogens with one attached hydrogen (secondary N) is 1. The largest absolute Gasteiger partial charge is 0.356 e. The summed E-state index contributed by atoms with van der Waals surface area (Å²) in [6, 6.07) is 8.03. The fourth-order valence-corrected chi connectivity index (χ4v) is 6.13. The molecule has 0 aliphatic carbocycles. The van der Waals surface area contributed by atoms with Crippen LogP contribution in [0.1, 0.15) is 56.1 Å². The minimum Gasteiger partial charge on any atom is -0.356 e. The van der Waals surface area contributed by atoms with E-state index in [1.807, 2.05) is 24.3 Å². The van der Waals surface area contributed by atoms with E-state index in [4.69, 9.17) is 0 Å². The lowest BCUT2D eigenvalue weighted by Gasteiger charge is -2.44. The molecule has 32 heavy (non-hydrogen) atoms. The molecule has 0 bridgehead atoms. The maximum atomic E-state index is 12.9. The predicted octanol–water partition coefficient (Wildman–Crippen LogP) is 2.54. The summed E-state index contributed by atoms with van der Waals surface area (Å²) in [6.45, 7) is 3.96. The summed E-state index contributed by atoms with van der Waals surface area (Å²) < 4.78 is 0. The molecule has 1 N–H and O–H groups in total. The molecule has 0 spiro atoms. The van der Waals surface area contributed by atoms with E-state index in [0.29, 0.717) is 44.3 Å². The summed E-state index contributed by atoms with van der Waals surface area (Å²) in [6.07, 6.45) is 7.70. The maximum Gasteiger partial charge on any atom is 0.327 e. The molecule has 3 fully saturated rings. The molecule has 3 atom stereocenters. The topological polar surface area (TPSA) is 73.0 Å². The van der Waals surface area contributed by atoms with Crippen LogP contribution in [0.15, 0.2) is 24.3 Å². The average molecular weight is 439 g/mol. The maximum absolute atomic E-state index is 12.9. The lowest BCUT2D eigenvalue weighted by molar-refractivity contribution is -0.129. The van der Waals surface area contributed by atoms with Crippen molar-refractivity contribution in [2.75, 3.05) is 26.2 Å².